The van der Waals surface area contributed by atoms with Gasteiger partial charge < -0.3 is 24.8 Å². The molecule has 8 nitrogen and oxygen atoms in total. The minimum atomic E-state index is -0.543. The third-order valence-electron chi connectivity index (χ3n) is 7.38. The summed E-state index contributed by atoms with van der Waals surface area (Å²) in [5.74, 6) is -0.230. The fourth-order valence-corrected chi connectivity index (χ4v) is 6.11. The average Bonchev–Trinajstić information content (AvgIpc) is 2.79. The molecule has 1 fully saturated rings. The zero-order valence-electron chi connectivity index (χ0n) is 24.7. The fourth-order valence-electron chi connectivity index (χ4n) is 5.66. The van der Waals surface area contributed by atoms with Crippen LogP contribution >= 0.6 is 15.9 Å². The molecule has 1 aromatic heterocycles. The molecule has 3 atom stereocenters. The van der Waals surface area contributed by atoms with Gasteiger partial charge in [-0.25, -0.2) is 4.79 Å². The van der Waals surface area contributed by atoms with Crippen LogP contribution in [0.3, 0.4) is 0 Å². The highest BCUT2D eigenvalue weighted by atomic mass is 79.9. The lowest BCUT2D eigenvalue weighted by Crippen LogP contribution is -2.56. The highest BCUT2D eigenvalue weighted by Crippen LogP contribution is 2.35. The van der Waals surface area contributed by atoms with Gasteiger partial charge in [-0.1, -0.05) is 15.9 Å². The van der Waals surface area contributed by atoms with E-state index in [0.29, 0.717) is 11.1 Å². The topological polar surface area (TPSA) is 94.7 Å². The molecule has 1 aliphatic heterocycles. The lowest BCUT2D eigenvalue weighted by Gasteiger charge is -2.47. The largest absolute Gasteiger partial charge is 0.444 e. The summed E-state index contributed by atoms with van der Waals surface area (Å²) in [5, 5.41) is 2.94. The number of rotatable bonds is 6. The van der Waals surface area contributed by atoms with E-state index in [1.807, 2.05) is 58.6 Å². The predicted octanol–water partition coefficient (Wildman–Crippen LogP) is 6.00. The van der Waals surface area contributed by atoms with Crippen LogP contribution in [0.15, 0.2) is 27.5 Å². The normalized spacial score (nSPS) is 19.5. The number of nitrogens with one attached hydrogen (secondary N) is 2. The second-order valence-electron chi connectivity index (χ2n) is 11.7. The van der Waals surface area contributed by atoms with Gasteiger partial charge in [-0.15, -0.1) is 0 Å². The number of H-pyrrole nitrogens is 1. The Hall–Kier alpha value is -2.81. The summed E-state index contributed by atoms with van der Waals surface area (Å²) in [6, 6.07) is 5.99. The van der Waals surface area contributed by atoms with E-state index in [9.17, 15) is 14.4 Å². The van der Waals surface area contributed by atoms with Gasteiger partial charge >= 0.3 is 6.09 Å². The van der Waals surface area contributed by atoms with Crippen molar-refractivity contribution in [2.75, 3.05) is 11.4 Å². The Morgan fingerprint density at radius 2 is 1.74 bits per heavy atom. The average molecular weight is 604 g/mol. The summed E-state index contributed by atoms with van der Waals surface area (Å²) in [6.45, 7) is 18.5. The first-order valence-corrected chi connectivity index (χ1v) is 14.5. The quantitative estimate of drug-likeness (QED) is 0.423. The molecule has 2 aromatic rings. The van der Waals surface area contributed by atoms with Gasteiger partial charge in [-0.3, -0.25) is 9.59 Å². The van der Waals surface area contributed by atoms with E-state index in [1.165, 1.54) is 0 Å². The van der Waals surface area contributed by atoms with Crippen molar-refractivity contribution >= 4 is 33.6 Å². The molecular weight excluding hydrogens is 560 g/mol. The van der Waals surface area contributed by atoms with E-state index in [1.54, 1.807) is 0 Å². The number of carbonyl (C=O) groups is 2. The van der Waals surface area contributed by atoms with Crippen molar-refractivity contribution < 1.29 is 14.3 Å². The van der Waals surface area contributed by atoms with E-state index in [4.69, 9.17) is 4.74 Å². The molecule has 39 heavy (non-hydrogen) atoms. The van der Waals surface area contributed by atoms with Crippen molar-refractivity contribution in [3.8, 4) is 0 Å². The van der Waals surface area contributed by atoms with E-state index >= 15 is 0 Å². The zero-order valence-corrected chi connectivity index (χ0v) is 26.3. The molecule has 2 unspecified atom stereocenters. The van der Waals surface area contributed by atoms with Crippen molar-refractivity contribution in [3.05, 3.63) is 61.0 Å². The maximum Gasteiger partial charge on any atom is 0.410 e. The third-order valence-corrected chi connectivity index (χ3v) is 7.84. The molecule has 214 valence electrons. The molecule has 9 heteroatoms. The zero-order chi connectivity index (χ0) is 29.2. The third kappa shape index (κ3) is 7.24. The van der Waals surface area contributed by atoms with Crippen LogP contribution in [0.4, 0.5) is 10.5 Å². The molecule has 1 aliphatic rings. The van der Waals surface area contributed by atoms with Crippen molar-refractivity contribution in [1.29, 1.82) is 0 Å². The molecule has 1 saturated heterocycles. The van der Waals surface area contributed by atoms with E-state index in [-0.39, 0.29) is 42.2 Å². The number of anilines is 1. The summed E-state index contributed by atoms with van der Waals surface area (Å²) in [7, 11) is 0. The molecule has 3 rings (SSSR count). The minimum absolute atomic E-state index is 0.00807. The first-order chi connectivity index (χ1) is 18.1. The fraction of sp³-hybridized carbons (Fsp3) is 0.567. The number of nitrogens with zero attached hydrogens (tertiary/aromatic N) is 2. The first kappa shape index (κ1) is 30.7. The molecule has 2 N–H and O–H groups in total. The maximum absolute atomic E-state index is 13.3. The van der Waals surface area contributed by atoms with Gasteiger partial charge in [0.2, 0.25) is 0 Å². The molecule has 0 radical (unpaired) electrons. The number of piperidine rings is 1. The number of hydrogen-bond acceptors (Lipinski definition) is 5. The van der Waals surface area contributed by atoms with Crippen LogP contribution in [0, 0.1) is 20.8 Å². The van der Waals surface area contributed by atoms with Gasteiger partial charge in [0, 0.05) is 58.2 Å². The number of benzene rings is 1. The Morgan fingerprint density at radius 3 is 2.28 bits per heavy atom. The summed E-state index contributed by atoms with van der Waals surface area (Å²) >= 11 is 3.61. The molecule has 0 saturated carbocycles. The molecule has 2 amide bonds. The van der Waals surface area contributed by atoms with Crippen molar-refractivity contribution in [1.82, 2.24) is 15.2 Å². The van der Waals surface area contributed by atoms with Gasteiger partial charge in [0.1, 0.15) is 5.60 Å². The van der Waals surface area contributed by atoms with Gasteiger partial charge in [0.15, 0.2) is 0 Å². The van der Waals surface area contributed by atoms with Crippen molar-refractivity contribution in [3.63, 3.8) is 0 Å². The van der Waals surface area contributed by atoms with Gasteiger partial charge in [-0.2, -0.15) is 0 Å². The highest BCUT2D eigenvalue weighted by molar-refractivity contribution is 9.10. The predicted molar refractivity (Wildman–Crippen MR) is 160 cm³/mol. The Labute approximate surface area is 240 Å². The number of likely N-dealkylation sites (tertiary alicyclic amines) is 1. The van der Waals surface area contributed by atoms with Crippen LogP contribution in [0.1, 0.15) is 87.1 Å². The number of aromatic amines is 1. The van der Waals surface area contributed by atoms with Crippen LogP contribution in [0.25, 0.3) is 0 Å². The smallest absolute Gasteiger partial charge is 0.410 e. The van der Waals surface area contributed by atoms with Crippen molar-refractivity contribution in [2.24, 2.45) is 0 Å². The number of pyridine rings is 1. The SMILES string of the molecule is CCN(c1cc(Br)cc(C(=O)NCc2c(C)cc(C)[nH]c2=O)c1C)C1CC(C)N(C(=O)OC(C)(C)C)[C@H](C)C1. The van der Waals surface area contributed by atoms with Crippen LogP contribution < -0.4 is 15.8 Å². The molecule has 0 aliphatic carbocycles. The standard InChI is InChI=1S/C30H43BrN4O4/c1-10-34(23-12-19(4)35(20(5)13-23)29(38)39-30(7,8)9)26-15-22(31)14-24(21(26)6)27(36)32-16-25-17(2)11-18(3)33-28(25)37/h11,14-15,19-20,23H,10,12-13,16H2,1-9H3,(H,32,36)(H,33,37)/t19-,20?,23?/m1/s1. The summed E-state index contributed by atoms with van der Waals surface area (Å²) in [5.41, 5.74) is 3.89. The molecule has 1 aromatic carbocycles. The van der Waals surface area contributed by atoms with E-state index < -0.39 is 5.60 Å². The summed E-state index contributed by atoms with van der Waals surface area (Å²) in [6.07, 6.45) is 1.31. The molecule has 0 spiro atoms. The Morgan fingerprint density at radius 1 is 1.13 bits per heavy atom. The number of aryl methyl sites for hydroxylation is 2. The second-order valence-corrected chi connectivity index (χ2v) is 12.6. The molecular formula is C30H43BrN4O4. The summed E-state index contributed by atoms with van der Waals surface area (Å²) in [4.78, 5) is 45.7. The number of halogens is 1. The molecule has 2 heterocycles. The first-order valence-electron chi connectivity index (χ1n) is 13.7. The van der Waals surface area contributed by atoms with Crippen LogP contribution in [-0.2, 0) is 11.3 Å². The van der Waals surface area contributed by atoms with Crippen LogP contribution in [0.2, 0.25) is 0 Å². The monoisotopic (exact) mass is 602 g/mol. The lowest BCUT2D eigenvalue weighted by atomic mass is 9.91. The van der Waals surface area contributed by atoms with Gasteiger partial charge in [-0.05, 0) is 104 Å². The Balaban J connectivity index is 1.83. The number of hydrogen-bond donors (Lipinski definition) is 2. The highest BCUT2D eigenvalue weighted by Gasteiger charge is 2.38. The Bertz CT molecular complexity index is 1270. The summed E-state index contributed by atoms with van der Waals surface area (Å²) < 4.78 is 6.49. The lowest BCUT2D eigenvalue weighted by molar-refractivity contribution is -0.00252. The minimum Gasteiger partial charge on any atom is -0.444 e. The van der Waals surface area contributed by atoms with E-state index in [2.05, 4.69) is 58.0 Å². The Kier molecular flexibility index (Phi) is 9.57. The van der Waals surface area contributed by atoms with Gasteiger partial charge in [0.05, 0.1) is 0 Å². The number of carbonyl (C=O) groups excluding carboxylic acids is 2. The van der Waals surface area contributed by atoms with Crippen LogP contribution in [0.5, 0.6) is 0 Å². The van der Waals surface area contributed by atoms with Crippen molar-refractivity contribution in [2.45, 2.75) is 105 Å². The number of amides is 2. The maximum atomic E-state index is 13.3. The molecule has 0 bridgehead atoms. The second kappa shape index (κ2) is 12.1. The van der Waals surface area contributed by atoms with Crippen LogP contribution in [-0.4, -0.2) is 52.2 Å². The van der Waals surface area contributed by atoms with Gasteiger partial charge in [0.25, 0.3) is 11.5 Å². The van der Waals surface area contributed by atoms with E-state index in [0.717, 1.165) is 46.4 Å². The number of ether oxygens (including phenoxy) is 1. The number of aromatic nitrogens is 1.